The second-order valence-corrected chi connectivity index (χ2v) is 7.12. The van der Waals surface area contributed by atoms with Crippen LogP contribution in [-0.4, -0.2) is 58.8 Å². The second kappa shape index (κ2) is 14.3. The first-order valence-corrected chi connectivity index (χ1v) is 9.69. The van der Waals surface area contributed by atoms with Crippen molar-refractivity contribution in [1.82, 2.24) is 0 Å². The Kier molecular flexibility index (Phi) is 12.8. The molecule has 9 heteroatoms. The maximum Gasteiger partial charge on any atom is 0.344 e. The van der Waals surface area contributed by atoms with Gasteiger partial charge in [-0.3, -0.25) is 0 Å². The lowest BCUT2D eigenvalue weighted by Gasteiger charge is -2.10. The minimum atomic E-state index is -0.542. The van der Waals surface area contributed by atoms with E-state index in [1.807, 2.05) is 0 Å². The number of ether oxygens (including phenoxy) is 5. The highest BCUT2D eigenvalue weighted by atomic mass is 35.5. The lowest BCUT2D eigenvalue weighted by Crippen LogP contribution is -2.18. The number of benzene rings is 1. The molecule has 0 unspecified atom stereocenters. The van der Waals surface area contributed by atoms with E-state index in [0.717, 1.165) is 6.61 Å². The molecule has 0 radical (unpaired) electrons. The Hall–Kier alpha value is -0.760. The van der Waals surface area contributed by atoms with Gasteiger partial charge in [0.25, 0.3) is 0 Å². The SMILES string of the molecule is CC(C)COCCOCCOCCOC(=O)COc1cc(Cl)c(Cl)cc1Cl. The normalized spacial score (nSPS) is 11.0. The van der Waals surface area contributed by atoms with Crippen molar-refractivity contribution in [3.8, 4) is 5.75 Å². The molecule has 0 aliphatic heterocycles. The average Bonchev–Trinajstić information content (AvgIpc) is 2.61. The highest BCUT2D eigenvalue weighted by Crippen LogP contribution is 2.33. The Balaban J connectivity index is 1.99. The molecule has 0 aliphatic carbocycles. The van der Waals surface area contributed by atoms with Crippen LogP contribution in [-0.2, 0) is 23.7 Å². The maximum atomic E-state index is 11.6. The zero-order valence-electron chi connectivity index (χ0n) is 15.5. The zero-order valence-corrected chi connectivity index (χ0v) is 17.7. The number of hydrogen-bond acceptors (Lipinski definition) is 6. The fourth-order valence-corrected chi connectivity index (χ4v) is 2.36. The smallest absolute Gasteiger partial charge is 0.344 e. The van der Waals surface area contributed by atoms with Gasteiger partial charge in [-0.15, -0.1) is 0 Å². The maximum absolute atomic E-state index is 11.6. The Morgan fingerprint density at radius 2 is 1.41 bits per heavy atom. The van der Waals surface area contributed by atoms with Gasteiger partial charge in [-0.25, -0.2) is 4.79 Å². The van der Waals surface area contributed by atoms with Gasteiger partial charge in [0.1, 0.15) is 12.4 Å². The number of esters is 1. The molecule has 0 amide bonds. The lowest BCUT2D eigenvalue weighted by molar-refractivity contribution is -0.147. The molecule has 0 atom stereocenters. The van der Waals surface area contributed by atoms with Gasteiger partial charge >= 0.3 is 5.97 Å². The summed E-state index contributed by atoms with van der Waals surface area (Å²) in [7, 11) is 0. The number of carbonyl (C=O) groups is 1. The van der Waals surface area contributed by atoms with Gasteiger partial charge in [-0.1, -0.05) is 48.7 Å². The molecule has 154 valence electrons. The van der Waals surface area contributed by atoms with Crippen molar-refractivity contribution >= 4 is 40.8 Å². The second-order valence-electron chi connectivity index (χ2n) is 5.90. The molecule has 0 saturated carbocycles. The summed E-state index contributed by atoms with van der Waals surface area (Å²) in [5.74, 6) is 0.232. The third-order valence-corrected chi connectivity index (χ3v) is 4.02. The monoisotopic (exact) mass is 442 g/mol. The van der Waals surface area contributed by atoms with Gasteiger partial charge in [-0.2, -0.15) is 0 Å². The summed E-state index contributed by atoms with van der Waals surface area (Å²) in [5.41, 5.74) is 0. The molecule has 0 N–H and O–H groups in total. The van der Waals surface area contributed by atoms with Gasteiger partial charge in [0.05, 0.1) is 48.1 Å². The van der Waals surface area contributed by atoms with Gasteiger partial charge in [-0.05, 0) is 12.0 Å². The van der Waals surface area contributed by atoms with Crippen molar-refractivity contribution in [1.29, 1.82) is 0 Å². The van der Waals surface area contributed by atoms with Crippen LogP contribution in [0.5, 0.6) is 5.75 Å². The molecule has 0 fully saturated rings. The Labute approximate surface area is 174 Å². The Morgan fingerprint density at radius 1 is 0.852 bits per heavy atom. The highest BCUT2D eigenvalue weighted by Gasteiger charge is 2.10. The van der Waals surface area contributed by atoms with Gasteiger partial charge in [0.15, 0.2) is 6.61 Å². The first-order chi connectivity index (χ1) is 12.9. The number of hydrogen-bond donors (Lipinski definition) is 0. The van der Waals surface area contributed by atoms with Crippen LogP contribution in [0.1, 0.15) is 13.8 Å². The Bertz CT molecular complexity index is 568. The molecule has 0 aliphatic rings. The number of carbonyl (C=O) groups excluding carboxylic acids is 1. The quantitative estimate of drug-likeness (QED) is 0.243. The standard InChI is InChI=1S/C18H25Cl3O6/c1-13(2)11-25-6-5-23-3-4-24-7-8-26-18(22)12-27-17-10-15(20)14(19)9-16(17)21/h9-10,13H,3-8,11-12H2,1-2H3. The van der Waals surface area contributed by atoms with Crippen LogP contribution in [0.2, 0.25) is 15.1 Å². The largest absolute Gasteiger partial charge is 0.480 e. The first-order valence-electron chi connectivity index (χ1n) is 8.56. The summed E-state index contributed by atoms with van der Waals surface area (Å²) in [6.45, 7) is 6.98. The first kappa shape index (κ1) is 24.3. The van der Waals surface area contributed by atoms with E-state index in [4.69, 9.17) is 58.5 Å². The van der Waals surface area contributed by atoms with Crippen LogP contribution in [0.15, 0.2) is 12.1 Å². The molecule has 0 bridgehead atoms. The van der Waals surface area contributed by atoms with E-state index in [-0.39, 0.29) is 35.6 Å². The van der Waals surface area contributed by atoms with Gasteiger partial charge < -0.3 is 23.7 Å². The zero-order chi connectivity index (χ0) is 20.1. The van der Waals surface area contributed by atoms with Crippen molar-refractivity contribution in [2.24, 2.45) is 5.92 Å². The molecule has 0 aromatic heterocycles. The lowest BCUT2D eigenvalue weighted by atomic mass is 10.2. The fraction of sp³-hybridized carbons (Fsp3) is 0.611. The number of rotatable bonds is 14. The van der Waals surface area contributed by atoms with E-state index in [2.05, 4.69) is 13.8 Å². The fourth-order valence-electron chi connectivity index (χ4n) is 1.77. The summed E-state index contributed by atoms with van der Waals surface area (Å²) < 4.78 is 26.3. The summed E-state index contributed by atoms with van der Waals surface area (Å²) in [4.78, 5) is 11.6. The molecule has 1 rings (SSSR count). The van der Waals surface area contributed by atoms with Crippen LogP contribution >= 0.6 is 34.8 Å². The molecule has 1 aromatic carbocycles. The van der Waals surface area contributed by atoms with E-state index in [0.29, 0.717) is 37.4 Å². The molecule has 0 heterocycles. The van der Waals surface area contributed by atoms with E-state index in [1.54, 1.807) is 0 Å². The summed E-state index contributed by atoms with van der Waals surface area (Å²) in [6, 6.07) is 2.88. The van der Waals surface area contributed by atoms with Crippen molar-refractivity contribution in [3.05, 3.63) is 27.2 Å². The van der Waals surface area contributed by atoms with Crippen LogP contribution in [0.4, 0.5) is 0 Å². The third kappa shape index (κ3) is 11.6. The molecule has 27 heavy (non-hydrogen) atoms. The van der Waals surface area contributed by atoms with Crippen LogP contribution in [0.3, 0.4) is 0 Å². The molecule has 1 aromatic rings. The molecular formula is C18H25Cl3O6. The van der Waals surface area contributed by atoms with Crippen molar-refractivity contribution in [2.75, 3.05) is 52.9 Å². The molecule has 0 spiro atoms. The molecular weight excluding hydrogens is 419 g/mol. The van der Waals surface area contributed by atoms with Crippen LogP contribution in [0.25, 0.3) is 0 Å². The van der Waals surface area contributed by atoms with E-state index in [9.17, 15) is 4.79 Å². The van der Waals surface area contributed by atoms with Crippen LogP contribution in [0, 0.1) is 5.92 Å². The third-order valence-electron chi connectivity index (χ3n) is 3.01. The van der Waals surface area contributed by atoms with Crippen LogP contribution < -0.4 is 4.74 Å². The minimum absolute atomic E-state index is 0.120. The summed E-state index contributed by atoms with van der Waals surface area (Å²) >= 11 is 17.6. The van der Waals surface area contributed by atoms with Gasteiger partial charge in [0.2, 0.25) is 0 Å². The predicted octanol–water partition coefficient (Wildman–Crippen LogP) is 4.27. The van der Waals surface area contributed by atoms with Crippen molar-refractivity contribution < 1.29 is 28.5 Å². The van der Waals surface area contributed by atoms with Crippen molar-refractivity contribution in [2.45, 2.75) is 13.8 Å². The average molecular weight is 444 g/mol. The van der Waals surface area contributed by atoms with Crippen molar-refractivity contribution in [3.63, 3.8) is 0 Å². The predicted molar refractivity (Wildman–Crippen MR) is 105 cm³/mol. The molecule has 0 saturated heterocycles. The van der Waals surface area contributed by atoms with Gasteiger partial charge in [0, 0.05) is 12.7 Å². The Morgan fingerprint density at radius 3 is 2.04 bits per heavy atom. The molecule has 6 nitrogen and oxygen atoms in total. The minimum Gasteiger partial charge on any atom is -0.480 e. The van der Waals surface area contributed by atoms with E-state index < -0.39 is 5.97 Å². The highest BCUT2D eigenvalue weighted by molar-refractivity contribution is 6.43. The summed E-state index contributed by atoms with van der Waals surface area (Å²) in [5, 5.41) is 0.850. The van der Waals surface area contributed by atoms with E-state index in [1.165, 1.54) is 12.1 Å². The van der Waals surface area contributed by atoms with E-state index >= 15 is 0 Å². The summed E-state index contributed by atoms with van der Waals surface area (Å²) in [6.07, 6.45) is 0. The number of halogens is 3. The topological polar surface area (TPSA) is 63.2 Å².